The second kappa shape index (κ2) is 13.4. The standard InChI is InChI=1S/C52H35NO/c1-4-12-36(13-5-1)38-20-26-45(27-21-38)53(50-30-24-43(37-14-6-2-7-15-37)32-47(50)40-16-8-3-9-17-40)46-28-22-39(23-29-46)44-25-31-51-48(34-44)49-33-41-18-10-11-19-42(41)35-52(49)54-51/h1-35H. The molecule has 0 saturated heterocycles. The molecule has 0 unspecified atom stereocenters. The first-order chi connectivity index (χ1) is 26.7. The van der Waals surface area contributed by atoms with E-state index in [0.717, 1.165) is 55.7 Å². The van der Waals surface area contributed by atoms with Crippen LogP contribution in [-0.4, -0.2) is 0 Å². The van der Waals surface area contributed by atoms with E-state index in [-0.39, 0.29) is 0 Å². The molecular formula is C52H35NO. The molecule has 54 heavy (non-hydrogen) atoms. The van der Waals surface area contributed by atoms with Gasteiger partial charge < -0.3 is 9.32 Å². The second-order valence-corrected chi connectivity index (χ2v) is 13.8. The summed E-state index contributed by atoms with van der Waals surface area (Å²) in [5, 5.41) is 4.67. The van der Waals surface area contributed by atoms with Gasteiger partial charge >= 0.3 is 0 Å². The van der Waals surface area contributed by atoms with Crippen LogP contribution in [0.1, 0.15) is 0 Å². The zero-order chi connectivity index (χ0) is 35.8. The first kappa shape index (κ1) is 31.6. The predicted octanol–water partition coefficient (Wildman–Crippen LogP) is 14.9. The molecule has 0 atom stereocenters. The highest BCUT2D eigenvalue weighted by Gasteiger charge is 2.19. The van der Waals surface area contributed by atoms with Gasteiger partial charge in [-0.15, -0.1) is 0 Å². The Bertz CT molecular complexity index is 2890. The number of hydrogen-bond acceptors (Lipinski definition) is 2. The molecule has 0 bridgehead atoms. The largest absolute Gasteiger partial charge is 0.456 e. The minimum atomic E-state index is 0.901. The van der Waals surface area contributed by atoms with E-state index in [0.29, 0.717) is 0 Å². The minimum absolute atomic E-state index is 0.901. The van der Waals surface area contributed by atoms with E-state index in [1.807, 2.05) is 0 Å². The van der Waals surface area contributed by atoms with Crippen molar-refractivity contribution in [2.24, 2.45) is 0 Å². The van der Waals surface area contributed by atoms with Crippen LogP contribution in [0.2, 0.25) is 0 Å². The number of hydrogen-bond donors (Lipinski definition) is 0. The maximum Gasteiger partial charge on any atom is 0.136 e. The van der Waals surface area contributed by atoms with Crippen molar-refractivity contribution in [3.05, 3.63) is 212 Å². The fourth-order valence-electron chi connectivity index (χ4n) is 7.70. The highest BCUT2D eigenvalue weighted by Crippen LogP contribution is 2.44. The third kappa shape index (κ3) is 5.81. The van der Waals surface area contributed by atoms with Crippen molar-refractivity contribution < 1.29 is 4.42 Å². The van der Waals surface area contributed by atoms with Crippen molar-refractivity contribution in [1.29, 1.82) is 0 Å². The summed E-state index contributed by atoms with van der Waals surface area (Å²) in [6.07, 6.45) is 0. The lowest BCUT2D eigenvalue weighted by Gasteiger charge is -2.29. The van der Waals surface area contributed by atoms with Crippen LogP contribution in [0.15, 0.2) is 217 Å². The molecule has 0 amide bonds. The van der Waals surface area contributed by atoms with Gasteiger partial charge in [-0.25, -0.2) is 0 Å². The molecule has 0 aliphatic heterocycles. The van der Waals surface area contributed by atoms with Crippen molar-refractivity contribution in [2.45, 2.75) is 0 Å². The van der Waals surface area contributed by atoms with Gasteiger partial charge in [0.15, 0.2) is 0 Å². The van der Waals surface area contributed by atoms with Crippen LogP contribution in [0.4, 0.5) is 17.1 Å². The zero-order valence-electron chi connectivity index (χ0n) is 29.6. The first-order valence-electron chi connectivity index (χ1n) is 18.4. The van der Waals surface area contributed by atoms with Crippen LogP contribution in [0.3, 0.4) is 0 Å². The van der Waals surface area contributed by atoms with E-state index >= 15 is 0 Å². The molecular weight excluding hydrogens is 655 g/mol. The van der Waals surface area contributed by atoms with Crippen LogP contribution in [0.5, 0.6) is 0 Å². The molecule has 0 spiro atoms. The number of furan rings is 1. The summed E-state index contributed by atoms with van der Waals surface area (Å²) in [5.41, 5.74) is 14.5. The van der Waals surface area contributed by atoms with E-state index in [1.165, 1.54) is 38.6 Å². The lowest BCUT2D eigenvalue weighted by Crippen LogP contribution is -2.11. The monoisotopic (exact) mass is 689 g/mol. The molecule has 254 valence electrons. The molecule has 10 aromatic rings. The van der Waals surface area contributed by atoms with Crippen molar-refractivity contribution in [1.82, 2.24) is 0 Å². The molecule has 0 N–H and O–H groups in total. The van der Waals surface area contributed by atoms with Gasteiger partial charge in [0.1, 0.15) is 11.2 Å². The fourth-order valence-corrected chi connectivity index (χ4v) is 7.70. The summed E-state index contributed by atoms with van der Waals surface area (Å²) in [6.45, 7) is 0. The van der Waals surface area contributed by atoms with Gasteiger partial charge in [0.05, 0.1) is 5.69 Å². The Morgan fingerprint density at radius 1 is 0.296 bits per heavy atom. The van der Waals surface area contributed by atoms with Gasteiger partial charge in [-0.1, -0.05) is 152 Å². The van der Waals surface area contributed by atoms with Crippen LogP contribution >= 0.6 is 0 Å². The van der Waals surface area contributed by atoms with Crippen molar-refractivity contribution in [2.75, 3.05) is 4.90 Å². The quantitative estimate of drug-likeness (QED) is 0.166. The molecule has 0 aliphatic carbocycles. The van der Waals surface area contributed by atoms with Gasteiger partial charge in [0.25, 0.3) is 0 Å². The highest BCUT2D eigenvalue weighted by molar-refractivity contribution is 6.11. The number of rotatable bonds is 7. The summed E-state index contributed by atoms with van der Waals surface area (Å²) in [5.74, 6) is 0. The highest BCUT2D eigenvalue weighted by atomic mass is 16.3. The summed E-state index contributed by atoms with van der Waals surface area (Å²) >= 11 is 0. The first-order valence-corrected chi connectivity index (χ1v) is 18.4. The molecule has 2 nitrogen and oxygen atoms in total. The van der Waals surface area contributed by atoms with E-state index in [4.69, 9.17) is 4.42 Å². The predicted molar refractivity (Wildman–Crippen MR) is 228 cm³/mol. The Balaban J connectivity index is 1.10. The third-order valence-electron chi connectivity index (χ3n) is 10.5. The average Bonchev–Trinajstić information content (AvgIpc) is 3.61. The van der Waals surface area contributed by atoms with Crippen LogP contribution in [0.25, 0.3) is 77.2 Å². The summed E-state index contributed by atoms with van der Waals surface area (Å²) in [4.78, 5) is 2.38. The van der Waals surface area contributed by atoms with Gasteiger partial charge in [0.2, 0.25) is 0 Å². The third-order valence-corrected chi connectivity index (χ3v) is 10.5. The Morgan fingerprint density at radius 2 is 0.741 bits per heavy atom. The molecule has 0 radical (unpaired) electrons. The zero-order valence-corrected chi connectivity index (χ0v) is 29.6. The normalized spacial score (nSPS) is 11.3. The molecule has 2 heteroatoms. The molecule has 0 aliphatic rings. The Kier molecular flexibility index (Phi) is 7.85. The Hall–Kier alpha value is -7.16. The molecule has 0 fully saturated rings. The van der Waals surface area contributed by atoms with E-state index in [9.17, 15) is 0 Å². The number of benzene rings is 9. The second-order valence-electron chi connectivity index (χ2n) is 13.8. The molecule has 0 saturated carbocycles. The lowest BCUT2D eigenvalue weighted by molar-refractivity contribution is 0.669. The van der Waals surface area contributed by atoms with E-state index < -0.39 is 0 Å². The summed E-state index contributed by atoms with van der Waals surface area (Å²) < 4.78 is 6.31. The molecule has 1 aromatic heterocycles. The number of anilines is 3. The maximum absolute atomic E-state index is 6.31. The topological polar surface area (TPSA) is 16.4 Å². The van der Waals surface area contributed by atoms with Gasteiger partial charge in [0, 0.05) is 27.7 Å². The number of nitrogens with zero attached hydrogens (tertiary/aromatic N) is 1. The van der Waals surface area contributed by atoms with Crippen LogP contribution < -0.4 is 4.90 Å². The number of fused-ring (bicyclic) bond motifs is 4. The van der Waals surface area contributed by atoms with Gasteiger partial charge in [-0.05, 0) is 110 Å². The van der Waals surface area contributed by atoms with Crippen molar-refractivity contribution in [3.8, 4) is 44.5 Å². The Labute approximate surface area is 314 Å². The van der Waals surface area contributed by atoms with Crippen LogP contribution in [0, 0.1) is 0 Å². The summed E-state index contributed by atoms with van der Waals surface area (Å²) in [7, 11) is 0. The molecule has 9 aromatic carbocycles. The molecule has 10 rings (SSSR count). The average molecular weight is 690 g/mol. The van der Waals surface area contributed by atoms with E-state index in [1.54, 1.807) is 0 Å². The maximum atomic E-state index is 6.31. The van der Waals surface area contributed by atoms with Gasteiger partial charge in [-0.2, -0.15) is 0 Å². The fraction of sp³-hybridized carbons (Fsp3) is 0. The smallest absolute Gasteiger partial charge is 0.136 e. The van der Waals surface area contributed by atoms with Gasteiger partial charge in [-0.3, -0.25) is 0 Å². The summed E-state index contributed by atoms with van der Waals surface area (Å²) in [6, 6.07) is 76.0. The van der Waals surface area contributed by atoms with Crippen molar-refractivity contribution in [3.63, 3.8) is 0 Å². The lowest BCUT2D eigenvalue weighted by atomic mass is 9.96. The molecule has 1 heterocycles. The minimum Gasteiger partial charge on any atom is -0.456 e. The Morgan fingerprint density at radius 3 is 1.37 bits per heavy atom. The SMILES string of the molecule is c1ccc(-c2ccc(N(c3ccc(-c4ccc5oc6cc7ccccc7cc6c5c4)cc3)c3ccc(-c4ccccc4)cc3-c3ccccc3)cc2)cc1. The van der Waals surface area contributed by atoms with Crippen molar-refractivity contribution >= 4 is 49.8 Å². The van der Waals surface area contributed by atoms with E-state index in [2.05, 4.69) is 217 Å². The van der Waals surface area contributed by atoms with Crippen LogP contribution in [-0.2, 0) is 0 Å².